The SMILES string of the molecule is O=c1oc(CCl)nn1C1CC(c2ccc(Cl)cc2)C1. The molecule has 1 fully saturated rings. The predicted molar refractivity (Wildman–Crippen MR) is 72.8 cm³/mol. The van der Waals surface area contributed by atoms with Gasteiger partial charge in [-0.1, -0.05) is 23.7 Å². The molecule has 19 heavy (non-hydrogen) atoms. The van der Waals surface area contributed by atoms with Crippen LogP contribution in [0, 0.1) is 0 Å². The molecule has 0 radical (unpaired) electrons. The van der Waals surface area contributed by atoms with Crippen molar-refractivity contribution >= 4 is 23.2 Å². The largest absolute Gasteiger partial charge is 0.437 e. The zero-order chi connectivity index (χ0) is 13.4. The summed E-state index contributed by atoms with van der Waals surface area (Å²) in [5, 5.41) is 4.81. The highest BCUT2D eigenvalue weighted by Crippen LogP contribution is 2.43. The van der Waals surface area contributed by atoms with Gasteiger partial charge in [0.1, 0.15) is 5.88 Å². The summed E-state index contributed by atoms with van der Waals surface area (Å²) in [5.41, 5.74) is 1.25. The van der Waals surface area contributed by atoms with Gasteiger partial charge in [-0.3, -0.25) is 0 Å². The van der Waals surface area contributed by atoms with Gasteiger partial charge in [0.2, 0.25) is 5.89 Å². The fourth-order valence-corrected chi connectivity index (χ4v) is 2.64. The van der Waals surface area contributed by atoms with E-state index in [1.165, 1.54) is 10.2 Å². The van der Waals surface area contributed by atoms with Crippen LogP contribution in [0.2, 0.25) is 5.02 Å². The molecule has 1 saturated carbocycles. The molecule has 0 saturated heterocycles. The van der Waals surface area contributed by atoms with Crippen LogP contribution in [0.3, 0.4) is 0 Å². The van der Waals surface area contributed by atoms with Crippen LogP contribution in [0.15, 0.2) is 33.5 Å². The van der Waals surface area contributed by atoms with Crippen molar-refractivity contribution in [2.75, 3.05) is 0 Å². The molecule has 3 rings (SSSR count). The summed E-state index contributed by atoms with van der Waals surface area (Å²) in [6.07, 6.45) is 1.77. The second kappa shape index (κ2) is 5.02. The lowest BCUT2D eigenvalue weighted by atomic mass is 9.76. The summed E-state index contributed by atoms with van der Waals surface area (Å²) in [5.74, 6) is 0.428. The van der Waals surface area contributed by atoms with Crippen LogP contribution in [0.5, 0.6) is 0 Å². The molecule has 0 amide bonds. The first kappa shape index (κ1) is 12.8. The van der Waals surface area contributed by atoms with Gasteiger partial charge in [0.15, 0.2) is 0 Å². The van der Waals surface area contributed by atoms with Crippen molar-refractivity contribution in [3.63, 3.8) is 0 Å². The maximum absolute atomic E-state index is 11.6. The second-order valence-corrected chi connectivity index (χ2v) is 5.42. The molecule has 2 aromatic rings. The molecule has 1 aromatic heterocycles. The fraction of sp³-hybridized carbons (Fsp3) is 0.385. The average Bonchev–Trinajstić information content (AvgIpc) is 2.72. The Kier molecular flexibility index (Phi) is 3.37. The Bertz CT molecular complexity index is 627. The van der Waals surface area contributed by atoms with E-state index in [2.05, 4.69) is 5.10 Å². The number of hydrogen-bond acceptors (Lipinski definition) is 3. The van der Waals surface area contributed by atoms with E-state index in [0.29, 0.717) is 5.92 Å². The summed E-state index contributed by atoms with van der Waals surface area (Å²) >= 11 is 11.5. The van der Waals surface area contributed by atoms with Crippen molar-refractivity contribution < 1.29 is 4.42 Å². The Morgan fingerprint density at radius 3 is 2.58 bits per heavy atom. The van der Waals surface area contributed by atoms with Crippen molar-refractivity contribution in [2.24, 2.45) is 0 Å². The quantitative estimate of drug-likeness (QED) is 0.817. The summed E-state index contributed by atoms with van der Waals surface area (Å²) < 4.78 is 6.33. The van der Waals surface area contributed by atoms with E-state index in [-0.39, 0.29) is 17.8 Å². The molecule has 0 unspecified atom stereocenters. The predicted octanol–water partition coefficient (Wildman–Crippen LogP) is 3.35. The maximum Gasteiger partial charge on any atom is 0.437 e. The number of rotatable bonds is 3. The minimum Gasteiger partial charge on any atom is -0.391 e. The maximum atomic E-state index is 11.6. The zero-order valence-corrected chi connectivity index (χ0v) is 11.6. The van der Waals surface area contributed by atoms with Crippen LogP contribution in [-0.2, 0) is 5.88 Å². The molecule has 0 N–H and O–H groups in total. The Morgan fingerprint density at radius 1 is 1.32 bits per heavy atom. The van der Waals surface area contributed by atoms with E-state index in [1.807, 2.05) is 24.3 Å². The van der Waals surface area contributed by atoms with E-state index < -0.39 is 5.76 Å². The van der Waals surface area contributed by atoms with Crippen LogP contribution in [0.1, 0.15) is 36.3 Å². The van der Waals surface area contributed by atoms with Gasteiger partial charge in [0, 0.05) is 5.02 Å². The van der Waals surface area contributed by atoms with Gasteiger partial charge in [-0.2, -0.15) is 4.68 Å². The monoisotopic (exact) mass is 298 g/mol. The lowest BCUT2D eigenvalue weighted by Crippen LogP contribution is -2.31. The van der Waals surface area contributed by atoms with Gasteiger partial charge in [-0.15, -0.1) is 16.7 Å². The molecule has 1 aromatic carbocycles. The molecule has 6 heteroatoms. The van der Waals surface area contributed by atoms with Crippen LogP contribution in [0.4, 0.5) is 0 Å². The molecule has 0 atom stereocenters. The molecule has 0 spiro atoms. The van der Waals surface area contributed by atoms with E-state index in [9.17, 15) is 4.79 Å². The molecule has 1 aliphatic carbocycles. The van der Waals surface area contributed by atoms with Crippen molar-refractivity contribution in [1.82, 2.24) is 9.78 Å². The summed E-state index contributed by atoms with van der Waals surface area (Å²) in [6, 6.07) is 7.93. The standard InChI is InChI=1S/C13H12Cl2N2O2/c14-7-12-16-17(13(18)19-12)11-5-9(6-11)8-1-3-10(15)4-2-8/h1-4,9,11H,5-7H2. The molecule has 0 bridgehead atoms. The lowest BCUT2D eigenvalue weighted by molar-refractivity contribution is 0.233. The van der Waals surface area contributed by atoms with E-state index >= 15 is 0 Å². The fourth-order valence-electron chi connectivity index (χ4n) is 2.41. The number of alkyl halides is 1. The summed E-state index contributed by atoms with van der Waals surface area (Å²) in [4.78, 5) is 11.6. The Morgan fingerprint density at radius 2 is 2.00 bits per heavy atom. The highest BCUT2D eigenvalue weighted by atomic mass is 35.5. The number of nitrogens with zero attached hydrogens (tertiary/aromatic N) is 2. The minimum absolute atomic E-state index is 0.105. The van der Waals surface area contributed by atoms with Gasteiger partial charge in [-0.05, 0) is 36.5 Å². The molecule has 4 nitrogen and oxygen atoms in total. The Balaban J connectivity index is 1.71. The molecule has 0 aliphatic heterocycles. The first-order valence-electron chi connectivity index (χ1n) is 6.07. The highest BCUT2D eigenvalue weighted by Gasteiger charge is 2.34. The third-order valence-electron chi connectivity index (χ3n) is 3.53. The van der Waals surface area contributed by atoms with Crippen LogP contribution < -0.4 is 5.76 Å². The zero-order valence-electron chi connectivity index (χ0n) is 10.1. The lowest BCUT2D eigenvalue weighted by Gasteiger charge is -2.34. The van der Waals surface area contributed by atoms with Gasteiger partial charge in [0.25, 0.3) is 0 Å². The molecule has 1 aliphatic rings. The van der Waals surface area contributed by atoms with Crippen molar-refractivity contribution in [1.29, 1.82) is 0 Å². The number of halogens is 2. The van der Waals surface area contributed by atoms with Crippen molar-refractivity contribution in [3.8, 4) is 0 Å². The van der Waals surface area contributed by atoms with Gasteiger partial charge < -0.3 is 4.42 Å². The van der Waals surface area contributed by atoms with Crippen LogP contribution in [-0.4, -0.2) is 9.78 Å². The summed E-state index contributed by atoms with van der Waals surface area (Å²) in [7, 11) is 0. The van der Waals surface area contributed by atoms with E-state index in [0.717, 1.165) is 17.9 Å². The van der Waals surface area contributed by atoms with E-state index in [4.69, 9.17) is 27.6 Å². The first-order chi connectivity index (χ1) is 9.17. The van der Waals surface area contributed by atoms with Gasteiger partial charge >= 0.3 is 5.76 Å². The number of hydrogen-bond donors (Lipinski definition) is 0. The van der Waals surface area contributed by atoms with E-state index in [1.54, 1.807) is 0 Å². The van der Waals surface area contributed by atoms with Crippen LogP contribution in [0.25, 0.3) is 0 Å². The Labute approximate surface area is 119 Å². The van der Waals surface area contributed by atoms with Gasteiger partial charge in [0.05, 0.1) is 6.04 Å². The minimum atomic E-state index is -0.421. The molecular formula is C13H12Cl2N2O2. The number of benzene rings is 1. The second-order valence-electron chi connectivity index (χ2n) is 4.71. The van der Waals surface area contributed by atoms with Gasteiger partial charge in [-0.25, -0.2) is 4.79 Å². The average molecular weight is 299 g/mol. The first-order valence-corrected chi connectivity index (χ1v) is 6.98. The third-order valence-corrected chi connectivity index (χ3v) is 4.01. The smallest absolute Gasteiger partial charge is 0.391 e. The molecule has 100 valence electrons. The molecule has 1 heterocycles. The summed E-state index contributed by atoms with van der Waals surface area (Å²) in [6.45, 7) is 0. The molecular weight excluding hydrogens is 287 g/mol. The highest BCUT2D eigenvalue weighted by molar-refractivity contribution is 6.30. The van der Waals surface area contributed by atoms with Crippen molar-refractivity contribution in [3.05, 3.63) is 51.3 Å². The normalized spacial score (nSPS) is 22.2. The number of aromatic nitrogens is 2. The van der Waals surface area contributed by atoms with Crippen LogP contribution >= 0.6 is 23.2 Å². The topological polar surface area (TPSA) is 48.0 Å². The third kappa shape index (κ3) is 2.42. The van der Waals surface area contributed by atoms with Crippen molar-refractivity contribution in [2.45, 2.75) is 30.7 Å². The Hall–Kier alpha value is -1.26.